The average molecular weight is 398 g/mol. The first-order chi connectivity index (χ1) is 13.9. The van der Waals surface area contributed by atoms with E-state index in [9.17, 15) is 9.59 Å². The van der Waals surface area contributed by atoms with Crippen molar-refractivity contribution in [2.45, 2.75) is 58.4 Å². The third-order valence-electron chi connectivity index (χ3n) is 5.75. The van der Waals surface area contributed by atoms with Gasteiger partial charge in [0.15, 0.2) is 0 Å². The van der Waals surface area contributed by atoms with Crippen LogP contribution in [0, 0.1) is 11.8 Å². The van der Waals surface area contributed by atoms with Crippen molar-refractivity contribution < 1.29 is 9.59 Å². The van der Waals surface area contributed by atoms with Gasteiger partial charge in [-0.2, -0.15) is 5.10 Å². The van der Waals surface area contributed by atoms with E-state index in [0.717, 1.165) is 43.6 Å². The zero-order valence-corrected chi connectivity index (χ0v) is 17.4. The van der Waals surface area contributed by atoms with Crippen molar-refractivity contribution in [2.24, 2.45) is 11.8 Å². The molecule has 0 unspecified atom stereocenters. The number of nitrogens with zero attached hydrogens (tertiary/aromatic N) is 2. The van der Waals surface area contributed by atoms with Gasteiger partial charge in [-0.3, -0.25) is 19.7 Å². The molecule has 2 heterocycles. The fourth-order valence-corrected chi connectivity index (χ4v) is 3.97. The van der Waals surface area contributed by atoms with E-state index in [2.05, 4.69) is 39.7 Å². The van der Waals surface area contributed by atoms with Gasteiger partial charge < -0.3 is 10.6 Å². The monoisotopic (exact) mass is 397 g/mol. The van der Waals surface area contributed by atoms with Crippen LogP contribution in [0.2, 0.25) is 0 Å². The SMILES string of the molecule is CC(=O)NCC1CCC([C@H](NC(=O)c2cc(C(C)C)[nH]n2)c2ccccn2)CC1. The summed E-state index contributed by atoms with van der Waals surface area (Å²) in [6.07, 6.45) is 5.81. The Balaban J connectivity index is 1.69. The van der Waals surface area contributed by atoms with Crippen molar-refractivity contribution in [3.63, 3.8) is 0 Å². The highest BCUT2D eigenvalue weighted by atomic mass is 16.2. The molecule has 1 atom stereocenters. The van der Waals surface area contributed by atoms with Gasteiger partial charge in [-0.1, -0.05) is 19.9 Å². The van der Waals surface area contributed by atoms with Crippen LogP contribution in [0.5, 0.6) is 0 Å². The second-order valence-corrected chi connectivity index (χ2v) is 8.29. The molecule has 7 heteroatoms. The average Bonchev–Trinajstić information content (AvgIpc) is 3.22. The number of carbonyl (C=O) groups excluding carboxylic acids is 2. The van der Waals surface area contributed by atoms with E-state index < -0.39 is 0 Å². The van der Waals surface area contributed by atoms with Crippen molar-refractivity contribution in [3.05, 3.63) is 47.5 Å². The van der Waals surface area contributed by atoms with Crippen LogP contribution < -0.4 is 10.6 Å². The summed E-state index contributed by atoms with van der Waals surface area (Å²) in [5.74, 6) is 0.935. The van der Waals surface area contributed by atoms with Crippen molar-refractivity contribution in [1.82, 2.24) is 25.8 Å². The molecule has 2 aromatic heterocycles. The number of aromatic nitrogens is 3. The summed E-state index contributed by atoms with van der Waals surface area (Å²) in [5, 5.41) is 13.2. The van der Waals surface area contributed by atoms with Crippen molar-refractivity contribution >= 4 is 11.8 Å². The molecule has 7 nitrogen and oxygen atoms in total. The minimum atomic E-state index is -0.177. The molecule has 0 bridgehead atoms. The summed E-state index contributed by atoms with van der Waals surface area (Å²) in [6.45, 7) is 6.41. The summed E-state index contributed by atoms with van der Waals surface area (Å²) in [7, 11) is 0. The smallest absolute Gasteiger partial charge is 0.272 e. The lowest BCUT2D eigenvalue weighted by molar-refractivity contribution is -0.119. The Bertz CT molecular complexity index is 810. The molecule has 1 fully saturated rings. The van der Waals surface area contributed by atoms with E-state index >= 15 is 0 Å². The Labute approximate surface area is 172 Å². The molecule has 0 aromatic carbocycles. The Morgan fingerprint density at radius 3 is 2.55 bits per heavy atom. The number of nitrogens with one attached hydrogen (secondary N) is 3. The molecule has 29 heavy (non-hydrogen) atoms. The van der Waals surface area contributed by atoms with Crippen LogP contribution in [0.25, 0.3) is 0 Å². The molecule has 2 amide bonds. The molecule has 3 rings (SSSR count). The van der Waals surface area contributed by atoms with Crippen LogP contribution in [0.1, 0.15) is 80.3 Å². The van der Waals surface area contributed by atoms with Crippen LogP contribution in [0.3, 0.4) is 0 Å². The Morgan fingerprint density at radius 1 is 1.21 bits per heavy atom. The highest BCUT2D eigenvalue weighted by Crippen LogP contribution is 2.36. The minimum Gasteiger partial charge on any atom is -0.356 e. The normalized spacial score (nSPS) is 20.3. The van der Waals surface area contributed by atoms with Gasteiger partial charge in [0.2, 0.25) is 5.91 Å². The number of rotatable bonds is 7. The van der Waals surface area contributed by atoms with Crippen LogP contribution in [-0.4, -0.2) is 33.5 Å². The predicted molar refractivity (Wildman–Crippen MR) is 111 cm³/mol. The maximum absolute atomic E-state index is 12.9. The molecule has 0 saturated heterocycles. The zero-order valence-electron chi connectivity index (χ0n) is 17.4. The molecule has 1 saturated carbocycles. The van der Waals surface area contributed by atoms with Gasteiger partial charge in [-0.05, 0) is 61.6 Å². The maximum Gasteiger partial charge on any atom is 0.272 e. The number of carbonyl (C=O) groups is 2. The molecule has 2 aromatic rings. The van der Waals surface area contributed by atoms with Gasteiger partial charge in [-0.25, -0.2) is 0 Å². The Morgan fingerprint density at radius 2 is 1.97 bits per heavy atom. The first kappa shape index (κ1) is 21.0. The molecule has 0 aliphatic heterocycles. The topological polar surface area (TPSA) is 99.8 Å². The van der Waals surface area contributed by atoms with E-state index in [1.807, 2.05) is 24.3 Å². The highest BCUT2D eigenvalue weighted by molar-refractivity contribution is 5.92. The standard InChI is InChI=1S/C22H31N5O2/c1-14(2)19-12-20(27-26-19)22(29)25-21(18-6-4-5-11-23-18)17-9-7-16(8-10-17)13-24-15(3)28/h4-6,11-12,14,16-17,21H,7-10,13H2,1-3H3,(H,24,28)(H,25,29)(H,26,27)/t16?,17?,21-/m0/s1. The number of H-pyrrole nitrogens is 1. The Hall–Kier alpha value is -2.70. The first-order valence-electron chi connectivity index (χ1n) is 10.5. The van der Waals surface area contributed by atoms with Gasteiger partial charge in [0.05, 0.1) is 11.7 Å². The summed E-state index contributed by atoms with van der Waals surface area (Å²) < 4.78 is 0. The van der Waals surface area contributed by atoms with Crippen molar-refractivity contribution in [1.29, 1.82) is 0 Å². The molecule has 156 valence electrons. The van der Waals surface area contributed by atoms with Crippen LogP contribution in [0.15, 0.2) is 30.5 Å². The number of amides is 2. The van der Waals surface area contributed by atoms with Crippen molar-refractivity contribution in [3.8, 4) is 0 Å². The van der Waals surface area contributed by atoms with Gasteiger partial charge in [0.1, 0.15) is 5.69 Å². The summed E-state index contributed by atoms with van der Waals surface area (Å²) >= 11 is 0. The summed E-state index contributed by atoms with van der Waals surface area (Å²) in [5.41, 5.74) is 2.24. The maximum atomic E-state index is 12.9. The molecule has 0 radical (unpaired) electrons. The summed E-state index contributed by atoms with van der Waals surface area (Å²) in [6, 6.07) is 7.48. The molecule has 0 spiro atoms. The van der Waals surface area contributed by atoms with E-state index in [4.69, 9.17) is 0 Å². The minimum absolute atomic E-state index is 0.0190. The number of hydrogen-bond acceptors (Lipinski definition) is 4. The second kappa shape index (κ2) is 9.67. The van der Waals surface area contributed by atoms with Crippen LogP contribution in [0.4, 0.5) is 0 Å². The van der Waals surface area contributed by atoms with E-state index in [-0.39, 0.29) is 23.8 Å². The number of hydrogen-bond donors (Lipinski definition) is 3. The molecule has 1 aliphatic rings. The highest BCUT2D eigenvalue weighted by Gasteiger charge is 2.31. The van der Waals surface area contributed by atoms with Crippen molar-refractivity contribution in [2.75, 3.05) is 6.54 Å². The van der Waals surface area contributed by atoms with Crippen LogP contribution >= 0.6 is 0 Å². The fraction of sp³-hybridized carbons (Fsp3) is 0.545. The molecule has 1 aliphatic carbocycles. The number of aromatic amines is 1. The fourth-order valence-electron chi connectivity index (χ4n) is 3.97. The third kappa shape index (κ3) is 5.65. The van der Waals surface area contributed by atoms with Gasteiger partial charge >= 0.3 is 0 Å². The van der Waals surface area contributed by atoms with Gasteiger partial charge in [0.25, 0.3) is 5.91 Å². The lowest BCUT2D eigenvalue weighted by Crippen LogP contribution is -2.37. The number of pyridine rings is 1. The lowest BCUT2D eigenvalue weighted by atomic mass is 9.77. The van der Waals surface area contributed by atoms with E-state index in [1.54, 1.807) is 13.1 Å². The van der Waals surface area contributed by atoms with Crippen LogP contribution in [-0.2, 0) is 4.79 Å². The summed E-state index contributed by atoms with van der Waals surface area (Å²) in [4.78, 5) is 28.6. The van der Waals surface area contributed by atoms with Gasteiger partial charge in [-0.15, -0.1) is 0 Å². The van der Waals surface area contributed by atoms with E-state index in [1.165, 1.54) is 0 Å². The largest absolute Gasteiger partial charge is 0.356 e. The lowest BCUT2D eigenvalue weighted by Gasteiger charge is -2.34. The molecular formula is C22H31N5O2. The zero-order chi connectivity index (χ0) is 20.8. The first-order valence-corrected chi connectivity index (χ1v) is 10.5. The second-order valence-electron chi connectivity index (χ2n) is 8.29. The Kier molecular flexibility index (Phi) is 7.01. The molecule has 3 N–H and O–H groups in total. The van der Waals surface area contributed by atoms with E-state index in [0.29, 0.717) is 17.5 Å². The van der Waals surface area contributed by atoms with Gasteiger partial charge in [0, 0.05) is 25.4 Å². The molecular weight excluding hydrogens is 366 g/mol. The third-order valence-corrected chi connectivity index (χ3v) is 5.75. The quantitative estimate of drug-likeness (QED) is 0.667. The predicted octanol–water partition coefficient (Wildman–Crippen LogP) is 3.34.